The van der Waals surface area contributed by atoms with Crippen LogP contribution in [-0.2, 0) is 6.18 Å². The summed E-state index contributed by atoms with van der Waals surface area (Å²) in [5, 5.41) is 14.0. The Bertz CT molecular complexity index is 982. The summed E-state index contributed by atoms with van der Waals surface area (Å²) in [7, 11) is 0. The maximum Gasteiger partial charge on any atom is 0.437 e. The molecular weight excluding hydrogens is 407 g/mol. The molecule has 3 aromatic rings. The van der Waals surface area contributed by atoms with E-state index in [1.54, 1.807) is 6.07 Å². The highest BCUT2D eigenvalue weighted by atomic mass is 35.5. The van der Waals surface area contributed by atoms with Crippen LogP contribution in [0.25, 0.3) is 22.5 Å². The molecule has 2 aromatic carbocycles. The molecule has 0 aliphatic carbocycles. The summed E-state index contributed by atoms with van der Waals surface area (Å²) in [6, 6.07) is 10.2. The predicted octanol–water partition coefficient (Wildman–Crippen LogP) is 6.81. The molecule has 154 valence electrons. The molecule has 0 amide bonds. The second-order valence-electron chi connectivity index (χ2n) is 6.95. The number of phenolic OH excluding ortho intramolecular Hbond substituents is 1. The Morgan fingerprint density at radius 1 is 1.14 bits per heavy atom. The van der Waals surface area contributed by atoms with Crippen LogP contribution in [0, 0.1) is 5.92 Å². The van der Waals surface area contributed by atoms with Gasteiger partial charge in [0, 0.05) is 11.1 Å². The zero-order valence-corrected chi connectivity index (χ0v) is 16.5. The van der Waals surface area contributed by atoms with Gasteiger partial charge in [0.05, 0.1) is 17.7 Å². The first kappa shape index (κ1) is 21.0. The standard InChI is InChI=1S/C21H19ClF3NO3/c1-12(2)9-10-28-15-7-8-16(17(27)11-15)19-18(13-3-5-14(22)6-4-13)20(26-29-19)21(23,24)25/h3-8,11-12,27H,9-10H2,1-2H3. The molecule has 4 nitrogen and oxygen atoms in total. The van der Waals surface area contributed by atoms with Gasteiger partial charge < -0.3 is 14.4 Å². The molecule has 0 spiro atoms. The van der Waals surface area contributed by atoms with Crippen LogP contribution in [0.2, 0.25) is 5.02 Å². The van der Waals surface area contributed by atoms with Gasteiger partial charge in [0.15, 0.2) is 11.5 Å². The van der Waals surface area contributed by atoms with Crippen molar-refractivity contribution in [3.63, 3.8) is 0 Å². The van der Waals surface area contributed by atoms with Crippen molar-refractivity contribution in [2.45, 2.75) is 26.4 Å². The highest BCUT2D eigenvalue weighted by Crippen LogP contribution is 2.45. The average molecular weight is 426 g/mol. The van der Waals surface area contributed by atoms with Crippen molar-refractivity contribution in [2.75, 3.05) is 6.61 Å². The van der Waals surface area contributed by atoms with E-state index in [9.17, 15) is 18.3 Å². The van der Waals surface area contributed by atoms with Crippen LogP contribution < -0.4 is 4.74 Å². The Hall–Kier alpha value is -2.67. The number of hydrogen-bond acceptors (Lipinski definition) is 4. The molecule has 0 atom stereocenters. The molecular formula is C21H19ClF3NO3. The molecule has 1 heterocycles. The molecule has 0 aliphatic rings. The van der Waals surface area contributed by atoms with Crippen LogP contribution in [0.4, 0.5) is 13.2 Å². The summed E-state index contributed by atoms with van der Waals surface area (Å²) in [4.78, 5) is 0. The quantitative estimate of drug-likeness (QED) is 0.471. The van der Waals surface area contributed by atoms with Crippen LogP contribution >= 0.6 is 11.6 Å². The number of rotatable bonds is 6. The third kappa shape index (κ3) is 4.85. The Kier molecular flexibility index (Phi) is 6.07. The maximum absolute atomic E-state index is 13.5. The number of halogens is 4. The first-order chi connectivity index (χ1) is 13.7. The zero-order chi connectivity index (χ0) is 21.2. The molecule has 8 heteroatoms. The van der Waals surface area contributed by atoms with Gasteiger partial charge in [-0.3, -0.25) is 0 Å². The van der Waals surface area contributed by atoms with E-state index in [1.165, 1.54) is 36.4 Å². The minimum absolute atomic E-state index is 0.0779. The van der Waals surface area contributed by atoms with Crippen molar-refractivity contribution in [1.82, 2.24) is 5.16 Å². The molecule has 3 rings (SSSR count). The monoisotopic (exact) mass is 425 g/mol. The predicted molar refractivity (Wildman–Crippen MR) is 104 cm³/mol. The minimum atomic E-state index is -4.73. The van der Waals surface area contributed by atoms with E-state index in [-0.39, 0.29) is 28.2 Å². The van der Waals surface area contributed by atoms with E-state index in [2.05, 4.69) is 19.0 Å². The molecule has 0 saturated carbocycles. The smallest absolute Gasteiger partial charge is 0.437 e. The van der Waals surface area contributed by atoms with Crippen molar-refractivity contribution >= 4 is 11.6 Å². The highest BCUT2D eigenvalue weighted by molar-refractivity contribution is 6.30. The van der Waals surface area contributed by atoms with Gasteiger partial charge in [0.1, 0.15) is 11.5 Å². The molecule has 1 aromatic heterocycles. The van der Waals surface area contributed by atoms with E-state index in [0.717, 1.165) is 6.42 Å². The van der Waals surface area contributed by atoms with Crippen LogP contribution in [0.3, 0.4) is 0 Å². The highest BCUT2D eigenvalue weighted by Gasteiger charge is 2.40. The summed E-state index contributed by atoms with van der Waals surface area (Å²) >= 11 is 5.85. The van der Waals surface area contributed by atoms with Gasteiger partial charge in [-0.1, -0.05) is 42.7 Å². The molecule has 0 bridgehead atoms. The van der Waals surface area contributed by atoms with Crippen LogP contribution in [0.15, 0.2) is 47.0 Å². The fourth-order valence-corrected chi connectivity index (χ4v) is 2.88. The lowest BCUT2D eigenvalue weighted by Gasteiger charge is -2.11. The van der Waals surface area contributed by atoms with Crippen molar-refractivity contribution in [2.24, 2.45) is 5.92 Å². The van der Waals surface area contributed by atoms with E-state index in [1.807, 2.05) is 0 Å². The van der Waals surface area contributed by atoms with Gasteiger partial charge in [-0.05, 0) is 42.2 Å². The van der Waals surface area contributed by atoms with Gasteiger partial charge in [0.2, 0.25) is 0 Å². The molecule has 29 heavy (non-hydrogen) atoms. The first-order valence-electron chi connectivity index (χ1n) is 8.95. The number of alkyl halides is 3. The van der Waals surface area contributed by atoms with Crippen molar-refractivity contribution in [1.29, 1.82) is 0 Å². The molecule has 1 N–H and O–H groups in total. The second kappa shape index (κ2) is 8.37. The Morgan fingerprint density at radius 3 is 2.41 bits per heavy atom. The van der Waals surface area contributed by atoms with Gasteiger partial charge in [0.25, 0.3) is 0 Å². The molecule has 0 saturated heterocycles. The third-order valence-electron chi connectivity index (χ3n) is 4.27. The van der Waals surface area contributed by atoms with Crippen LogP contribution in [-0.4, -0.2) is 16.9 Å². The van der Waals surface area contributed by atoms with E-state index in [4.69, 9.17) is 20.9 Å². The van der Waals surface area contributed by atoms with Gasteiger partial charge in [-0.2, -0.15) is 13.2 Å². The summed E-state index contributed by atoms with van der Waals surface area (Å²) < 4.78 is 51.0. The normalized spacial score (nSPS) is 11.8. The van der Waals surface area contributed by atoms with E-state index >= 15 is 0 Å². The minimum Gasteiger partial charge on any atom is -0.507 e. The van der Waals surface area contributed by atoms with E-state index < -0.39 is 11.9 Å². The lowest BCUT2D eigenvalue weighted by molar-refractivity contribution is -0.142. The Morgan fingerprint density at radius 2 is 1.83 bits per heavy atom. The Labute approximate surface area is 170 Å². The number of benzene rings is 2. The number of hydrogen-bond donors (Lipinski definition) is 1. The topological polar surface area (TPSA) is 55.5 Å². The Balaban J connectivity index is 2.03. The largest absolute Gasteiger partial charge is 0.507 e. The van der Waals surface area contributed by atoms with Crippen molar-refractivity contribution < 1.29 is 27.5 Å². The van der Waals surface area contributed by atoms with E-state index in [0.29, 0.717) is 23.3 Å². The molecule has 0 fully saturated rings. The third-order valence-corrected chi connectivity index (χ3v) is 4.52. The van der Waals surface area contributed by atoms with Crippen molar-refractivity contribution in [3.8, 4) is 33.9 Å². The van der Waals surface area contributed by atoms with Crippen LogP contribution in [0.1, 0.15) is 26.0 Å². The fourth-order valence-electron chi connectivity index (χ4n) is 2.76. The lowest BCUT2D eigenvalue weighted by atomic mass is 9.98. The number of phenols is 1. The lowest BCUT2D eigenvalue weighted by Crippen LogP contribution is -2.07. The first-order valence-corrected chi connectivity index (χ1v) is 9.33. The number of aromatic hydroxyl groups is 1. The van der Waals surface area contributed by atoms with Gasteiger partial charge >= 0.3 is 6.18 Å². The fraction of sp³-hybridized carbons (Fsp3) is 0.286. The molecule has 0 unspecified atom stereocenters. The number of ether oxygens (including phenoxy) is 1. The van der Waals surface area contributed by atoms with Crippen LogP contribution in [0.5, 0.6) is 11.5 Å². The molecule has 0 aliphatic heterocycles. The summed E-state index contributed by atoms with van der Waals surface area (Å²) in [6.07, 6.45) is -3.90. The molecule has 0 radical (unpaired) electrons. The summed E-state index contributed by atoms with van der Waals surface area (Å²) in [5.74, 6) is 0.410. The maximum atomic E-state index is 13.5. The van der Waals surface area contributed by atoms with Gasteiger partial charge in [-0.15, -0.1) is 0 Å². The number of nitrogens with zero attached hydrogens (tertiary/aromatic N) is 1. The average Bonchev–Trinajstić information content (AvgIpc) is 3.07. The second-order valence-corrected chi connectivity index (χ2v) is 7.39. The van der Waals surface area contributed by atoms with Crippen molar-refractivity contribution in [3.05, 3.63) is 53.2 Å². The SMILES string of the molecule is CC(C)CCOc1ccc(-c2onc(C(F)(F)F)c2-c2ccc(Cl)cc2)c(O)c1. The number of aromatic nitrogens is 1. The summed E-state index contributed by atoms with van der Waals surface area (Å²) in [5.41, 5.74) is -1.15. The van der Waals surface area contributed by atoms with Gasteiger partial charge in [-0.25, -0.2) is 0 Å². The zero-order valence-electron chi connectivity index (χ0n) is 15.8. The summed E-state index contributed by atoms with van der Waals surface area (Å²) in [6.45, 7) is 4.59.